The zero-order valence-corrected chi connectivity index (χ0v) is 8.10. The fourth-order valence-electron chi connectivity index (χ4n) is 0.591. The van der Waals surface area contributed by atoms with Gasteiger partial charge in [-0.05, 0) is 22.0 Å². The van der Waals surface area contributed by atoms with Crippen LogP contribution < -0.4 is 4.74 Å². The fourth-order valence-corrected chi connectivity index (χ4v) is 0.902. The SMILES string of the molecule is ClCCOc1ccc(Br)cn1. The van der Waals surface area contributed by atoms with Crippen LogP contribution in [0.4, 0.5) is 0 Å². The number of ether oxygens (including phenoxy) is 1. The van der Waals surface area contributed by atoms with Gasteiger partial charge in [0.2, 0.25) is 5.88 Å². The summed E-state index contributed by atoms with van der Waals surface area (Å²) in [6, 6.07) is 3.66. The van der Waals surface area contributed by atoms with Gasteiger partial charge >= 0.3 is 0 Å². The first-order valence-corrected chi connectivity index (χ1v) is 4.46. The van der Waals surface area contributed by atoms with Crippen molar-refractivity contribution in [3.8, 4) is 5.88 Å². The van der Waals surface area contributed by atoms with Crippen molar-refractivity contribution in [1.29, 1.82) is 0 Å². The summed E-state index contributed by atoms with van der Waals surface area (Å²) < 4.78 is 6.09. The predicted molar refractivity (Wildman–Crippen MR) is 48.2 cm³/mol. The fraction of sp³-hybridized carbons (Fsp3) is 0.286. The van der Waals surface area contributed by atoms with Crippen molar-refractivity contribution in [2.45, 2.75) is 0 Å². The minimum absolute atomic E-state index is 0.484. The van der Waals surface area contributed by atoms with Gasteiger partial charge in [0.15, 0.2) is 0 Å². The molecule has 1 aromatic heterocycles. The molecule has 0 aliphatic heterocycles. The molecule has 0 amide bonds. The first-order chi connectivity index (χ1) is 5.33. The van der Waals surface area contributed by atoms with E-state index in [9.17, 15) is 0 Å². The number of aromatic nitrogens is 1. The van der Waals surface area contributed by atoms with E-state index in [1.165, 1.54) is 0 Å². The summed E-state index contributed by atoms with van der Waals surface area (Å²) in [6.45, 7) is 0.496. The third-order valence-electron chi connectivity index (χ3n) is 1.03. The summed E-state index contributed by atoms with van der Waals surface area (Å²) in [6.07, 6.45) is 1.68. The Morgan fingerprint density at radius 3 is 2.91 bits per heavy atom. The number of hydrogen-bond donors (Lipinski definition) is 0. The van der Waals surface area contributed by atoms with E-state index in [0.717, 1.165) is 4.47 Å². The van der Waals surface area contributed by atoms with Gasteiger partial charge in [0.1, 0.15) is 6.61 Å². The van der Waals surface area contributed by atoms with Crippen LogP contribution in [-0.2, 0) is 0 Å². The van der Waals surface area contributed by atoms with Crippen LogP contribution in [0.5, 0.6) is 5.88 Å². The molecule has 0 atom stereocenters. The van der Waals surface area contributed by atoms with Crippen LogP contribution in [0.1, 0.15) is 0 Å². The van der Waals surface area contributed by atoms with Crippen LogP contribution in [0.2, 0.25) is 0 Å². The Bertz CT molecular complexity index is 214. The summed E-state index contributed by atoms with van der Waals surface area (Å²) >= 11 is 8.69. The van der Waals surface area contributed by atoms with Crippen LogP contribution >= 0.6 is 27.5 Å². The van der Waals surface area contributed by atoms with E-state index in [1.54, 1.807) is 12.3 Å². The highest BCUT2D eigenvalue weighted by Crippen LogP contribution is 2.11. The molecule has 0 radical (unpaired) electrons. The smallest absolute Gasteiger partial charge is 0.213 e. The van der Waals surface area contributed by atoms with E-state index >= 15 is 0 Å². The Morgan fingerprint density at radius 2 is 2.36 bits per heavy atom. The second-order valence-electron chi connectivity index (χ2n) is 1.85. The van der Waals surface area contributed by atoms with E-state index in [2.05, 4.69) is 20.9 Å². The maximum Gasteiger partial charge on any atom is 0.213 e. The van der Waals surface area contributed by atoms with Crippen molar-refractivity contribution in [2.75, 3.05) is 12.5 Å². The highest BCUT2D eigenvalue weighted by molar-refractivity contribution is 9.10. The number of rotatable bonds is 3. The van der Waals surface area contributed by atoms with Crippen molar-refractivity contribution >= 4 is 27.5 Å². The van der Waals surface area contributed by atoms with Crippen LogP contribution in [0.3, 0.4) is 0 Å². The van der Waals surface area contributed by atoms with Crippen LogP contribution in [-0.4, -0.2) is 17.5 Å². The molecule has 1 heterocycles. The topological polar surface area (TPSA) is 22.1 Å². The van der Waals surface area contributed by atoms with Gasteiger partial charge in [-0.3, -0.25) is 0 Å². The van der Waals surface area contributed by atoms with Crippen molar-refractivity contribution in [1.82, 2.24) is 4.98 Å². The molecule has 0 saturated carbocycles. The highest BCUT2D eigenvalue weighted by atomic mass is 79.9. The van der Waals surface area contributed by atoms with E-state index in [4.69, 9.17) is 16.3 Å². The molecular formula is C7H7BrClNO. The predicted octanol–water partition coefficient (Wildman–Crippen LogP) is 2.46. The number of pyridine rings is 1. The lowest BCUT2D eigenvalue weighted by molar-refractivity contribution is 0.329. The second-order valence-corrected chi connectivity index (χ2v) is 3.15. The molecule has 0 unspecified atom stereocenters. The van der Waals surface area contributed by atoms with Gasteiger partial charge < -0.3 is 4.74 Å². The van der Waals surface area contributed by atoms with Crippen LogP contribution in [0, 0.1) is 0 Å². The molecule has 1 rings (SSSR count). The minimum Gasteiger partial charge on any atom is -0.476 e. The molecule has 1 aromatic rings. The molecule has 0 fully saturated rings. The van der Waals surface area contributed by atoms with Gasteiger partial charge in [0, 0.05) is 16.7 Å². The number of halogens is 2. The van der Waals surface area contributed by atoms with E-state index in [1.807, 2.05) is 6.07 Å². The lowest BCUT2D eigenvalue weighted by atomic mass is 10.5. The standard InChI is InChI=1S/C7H7BrClNO/c8-6-1-2-7(10-5-6)11-4-3-9/h1-2,5H,3-4H2. The first kappa shape index (κ1) is 8.81. The molecule has 0 aliphatic rings. The van der Waals surface area contributed by atoms with Gasteiger partial charge in [0.25, 0.3) is 0 Å². The van der Waals surface area contributed by atoms with Gasteiger partial charge in [-0.2, -0.15) is 0 Å². The van der Waals surface area contributed by atoms with E-state index < -0.39 is 0 Å². The molecule has 0 aromatic carbocycles. The molecule has 11 heavy (non-hydrogen) atoms. The monoisotopic (exact) mass is 235 g/mol. The summed E-state index contributed by atoms with van der Waals surface area (Å²) in [7, 11) is 0. The zero-order valence-electron chi connectivity index (χ0n) is 5.76. The molecule has 0 aliphatic carbocycles. The lowest BCUT2D eigenvalue weighted by Crippen LogP contribution is -1.99. The van der Waals surface area contributed by atoms with Crippen molar-refractivity contribution in [2.24, 2.45) is 0 Å². The summed E-state index contributed by atoms with van der Waals surface area (Å²) in [4.78, 5) is 3.99. The average molecular weight is 236 g/mol. The van der Waals surface area contributed by atoms with Gasteiger partial charge in [-0.15, -0.1) is 11.6 Å². The Kier molecular flexibility index (Phi) is 3.66. The molecule has 2 nitrogen and oxygen atoms in total. The molecule has 0 spiro atoms. The summed E-state index contributed by atoms with van der Waals surface area (Å²) in [5.74, 6) is 1.09. The van der Waals surface area contributed by atoms with Gasteiger partial charge in [-0.25, -0.2) is 4.98 Å². The van der Waals surface area contributed by atoms with E-state index in [0.29, 0.717) is 18.4 Å². The minimum atomic E-state index is 0.484. The summed E-state index contributed by atoms with van der Waals surface area (Å²) in [5, 5.41) is 0. The lowest BCUT2D eigenvalue weighted by Gasteiger charge is -2.00. The van der Waals surface area contributed by atoms with Gasteiger partial charge in [-0.1, -0.05) is 0 Å². The van der Waals surface area contributed by atoms with Crippen molar-refractivity contribution < 1.29 is 4.74 Å². The normalized spacial score (nSPS) is 9.64. The highest BCUT2D eigenvalue weighted by Gasteiger charge is 1.92. The average Bonchev–Trinajstić information content (AvgIpc) is 2.04. The number of nitrogens with zero attached hydrogens (tertiary/aromatic N) is 1. The maximum atomic E-state index is 5.42. The Balaban J connectivity index is 2.52. The van der Waals surface area contributed by atoms with Crippen LogP contribution in [0.25, 0.3) is 0 Å². The Hall–Kier alpha value is -0.280. The van der Waals surface area contributed by atoms with Crippen molar-refractivity contribution in [3.05, 3.63) is 22.8 Å². The maximum absolute atomic E-state index is 5.42. The van der Waals surface area contributed by atoms with Crippen molar-refractivity contribution in [3.63, 3.8) is 0 Å². The Labute approximate surface area is 78.7 Å². The quantitative estimate of drug-likeness (QED) is 0.752. The first-order valence-electron chi connectivity index (χ1n) is 3.13. The third kappa shape index (κ3) is 3.08. The molecule has 0 N–H and O–H groups in total. The molecule has 0 bridgehead atoms. The molecule has 60 valence electrons. The van der Waals surface area contributed by atoms with Crippen LogP contribution in [0.15, 0.2) is 22.8 Å². The second kappa shape index (κ2) is 4.57. The molecule has 0 saturated heterocycles. The Morgan fingerprint density at radius 1 is 1.55 bits per heavy atom. The number of hydrogen-bond acceptors (Lipinski definition) is 2. The molecule has 4 heteroatoms. The van der Waals surface area contributed by atoms with E-state index in [-0.39, 0.29) is 0 Å². The van der Waals surface area contributed by atoms with Gasteiger partial charge in [0.05, 0.1) is 5.88 Å². The third-order valence-corrected chi connectivity index (χ3v) is 1.65. The number of alkyl halides is 1. The summed E-state index contributed by atoms with van der Waals surface area (Å²) in [5.41, 5.74) is 0. The molecular weight excluding hydrogens is 229 g/mol. The zero-order chi connectivity index (χ0) is 8.10. The largest absolute Gasteiger partial charge is 0.476 e.